The van der Waals surface area contributed by atoms with Crippen LogP contribution in [-0.4, -0.2) is 52.1 Å². The van der Waals surface area contributed by atoms with Gasteiger partial charge in [-0.05, 0) is 75.1 Å². The first-order chi connectivity index (χ1) is 19.9. The number of rotatable bonds is 7. The van der Waals surface area contributed by atoms with E-state index in [0.717, 1.165) is 34.3 Å². The summed E-state index contributed by atoms with van der Waals surface area (Å²) >= 11 is 6.30. The highest BCUT2D eigenvalue weighted by atomic mass is 35.5. The van der Waals surface area contributed by atoms with Gasteiger partial charge in [-0.15, -0.1) is 0 Å². The Hall–Kier alpha value is -3.53. The number of amides is 3. The van der Waals surface area contributed by atoms with Gasteiger partial charge in [-0.2, -0.15) is 13.2 Å². The zero-order chi connectivity index (χ0) is 30.4. The number of carbonyl (C=O) groups is 3. The molecule has 0 spiro atoms. The SMILES string of the molecule is CCN(CC)C(=O)[C@H]1C[C@H](CC(=O)NCc2cccc(C(F)(F)F)c2)C(=O)N2CCc3c([nH]c4ccc(Cl)cc34)[C@]12C. The molecule has 3 amide bonds. The molecule has 2 aliphatic rings. The van der Waals surface area contributed by atoms with Gasteiger partial charge in [-0.1, -0.05) is 23.7 Å². The number of fused-ring (bicyclic) bond motifs is 5. The minimum atomic E-state index is -4.49. The summed E-state index contributed by atoms with van der Waals surface area (Å²) in [5, 5.41) is 4.23. The van der Waals surface area contributed by atoms with Crippen LogP contribution >= 0.6 is 11.6 Å². The van der Waals surface area contributed by atoms with Crippen LogP contribution in [0.3, 0.4) is 0 Å². The van der Waals surface area contributed by atoms with E-state index < -0.39 is 35.0 Å². The van der Waals surface area contributed by atoms with E-state index in [1.54, 1.807) is 15.9 Å². The number of benzene rings is 2. The number of nitrogens with zero attached hydrogens (tertiary/aromatic N) is 2. The lowest BCUT2D eigenvalue weighted by Gasteiger charge is -2.54. The smallest absolute Gasteiger partial charge is 0.356 e. The van der Waals surface area contributed by atoms with Crippen LogP contribution in [0.4, 0.5) is 13.2 Å². The van der Waals surface area contributed by atoms with Crippen molar-refractivity contribution >= 4 is 40.2 Å². The maximum absolute atomic E-state index is 14.0. The minimum Gasteiger partial charge on any atom is -0.356 e. The van der Waals surface area contributed by atoms with Crippen LogP contribution in [0, 0.1) is 11.8 Å². The molecule has 2 N–H and O–H groups in total. The standard InChI is InChI=1S/C31H34ClF3N4O3/c1-4-38(5-2)29(42)24-14-19(15-26(40)36-17-18-7-6-8-20(13-18)31(33,34)35)28(41)39-12-11-22-23-16-21(32)9-10-25(23)37-27(22)30(24,39)3/h6-10,13,16,19,24,37H,4-5,11-12,14-15,17H2,1-3H3,(H,36,40)/t19-,24-,30+/m1/s1. The van der Waals surface area contributed by atoms with Gasteiger partial charge in [0, 0.05) is 60.1 Å². The Morgan fingerprint density at radius 2 is 1.90 bits per heavy atom. The van der Waals surface area contributed by atoms with Crippen molar-refractivity contribution in [2.75, 3.05) is 19.6 Å². The number of hydrogen-bond acceptors (Lipinski definition) is 3. The number of H-pyrrole nitrogens is 1. The molecule has 0 aliphatic carbocycles. The Labute approximate surface area is 247 Å². The summed E-state index contributed by atoms with van der Waals surface area (Å²) in [6.07, 6.45) is -3.91. The van der Waals surface area contributed by atoms with Crippen LogP contribution in [0.25, 0.3) is 10.9 Å². The average Bonchev–Trinajstić information content (AvgIpc) is 3.33. The maximum Gasteiger partial charge on any atom is 0.416 e. The van der Waals surface area contributed by atoms with Crippen LogP contribution < -0.4 is 5.32 Å². The quantitative estimate of drug-likeness (QED) is 0.366. The van der Waals surface area contributed by atoms with Crippen LogP contribution in [0.15, 0.2) is 42.5 Å². The lowest BCUT2D eigenvalue weighted by Crippen LogP contribution is -2.64. The van der Waals surface area contributed by atoms with Crippen molar-refractivity contribution in [2.24, 2.45) is 11.8 Å². The number of halogens is 4. The molecule has 7 nitrogen and oxygen atoms in total. The zero-order valence-corrected chi connectivity index (χ0v) is 24.5. The highest BCUT2D eigenvalue weighted by Gasteiger charge is 2.57. The molecule has 3 atom stereocenters. The fourth-order valence-corrected chi connectivity index (χ4v) is 6.83. The molecular weight excluding hydrogens is 569 g/mol. The summed E-state index contributed by atoms with van der Waals surface area (Å²) in [6.45, 7) is 7.03. The van der Waals surface area contributed by atoms with Crippen molar-refractivity contribution in [2.45, 2.75) is 58.3 Å². The Morgan fingerprint density at radius 1 is 1.17 bits per heavy atom. The van der Waals surface area contributed by atoms with Gasteiger partial charge < -0.3 is 20.1 Å². The molecule has 1 aromatic heterocycles. The largest absolute Gasteiger partial charge is 0.416 e. The first-order valence-electron chi connectivity index (χ1n) is 14.2. The third kappa shape index (κ3) is 5.25. The van der Waals surface area contributed by atoms with E-state index in [-0.39, 0.29) is 31.2 Å². The number of hydrogen-bond donors (Lipinski definition) is 2. The predicted molar refractivity (Wildman–Crippen MR) is 154 cm³/mol. The van der Waals surface area contributed by atoms with Gasteiger partial charge in [0.25, 0.3) is 0 Å². The van der Waals surface area contributed by atoms with Crippen molar-refractivity contribution in [3.63, 3.8) is 0 Å². The van der Waals surface area contributed by atoms with E-state index in [4.69, 9.17) is 11.6 Å². The molecule has 2 aliphatic heterocycles. The van der Waals surface area contributed by atoms with Crippen molar-refractivity contribution in [3.8, 4) is 0 Å². The molecule has 3 aromatic rings. The van der Waals surface area contributed by atoms with Gasteiger partial charge >= 0.3 is 6.18 Å². The number of carbonyl (C=O) groups excluding carboxylic acids is 3. The summed E-state index contributed by atoms with van der Waals surface area (Å²) in [5.41, 5.74) is 1.28. The fraction of sp³-hybridized carbons (Fsp3) is 0.452. The summed E-state index contributed by atoms with van der Waals surface area (Å²) in [4.78, 5) is 48.0. The zero-order valence-electron chi connectivity index (χ0n) is 23.8. The van der Waals surface area contributed by atoms with Crippen molar-refractivity contribution in [1.29, 1.82) is 0 Å². The molecule has 5 rings (SSSR count). The molecule has 0 unspecified atom stereocenters. The Bertz CT molecular complexity index is 1530. The average molecular weight is 603 g/mol. The van der Waals surface area contributed by atoms with Crippen molar-refractivity contribution in [1.82, 2.24) is 20.1 Å². The van der Waals surface area contributed by atoms with Gasteiger partial charge in [0.05, 0.1) is 17.0 Å². The van der Waals surface area contributed by atoms with E-state index in [9.17, 15) is 27.6 Å². The third-order valence-electron chi connectivity index (χ3n) is 8.88. The molecule has 0 bridgehead atoms. The highest BCUT2D eigenvalue weighted by molar-refractivity contribution is 6.31. The van der Waals surface area contributed by atoms with Crippen LogP contribution in [0.1, 0.15) is 56.0 Å². The topological polar surface area (TPSA) is 85.5 Å². The number of piperidine rings is 1. The highest BCUT2D eigenvalue weighted by Crippen LogP contribution is 2.50. The molecule has 42 heavy (non-hydrogen) atoms. The second-order valence-electron chi connectivity index (χ2n) is 11.2. The van der Waals surface area contributed by atoms with Gasteiger partial charge in [0.15, 0.2) is 0 Å². The van der Waals surface area contributed by atoms with Crippen molar-refractivity contribution < 1.29 is 27.6 Å². The Morgan fingerprint density at radius 3 is 2.60 bits per heavy atom. The number of alkyl halides is 3. The van der Waals surface area contributed by atoms with Crippen LogP contribution in [0.5, 0.6) is 0 Å². The van der Waals surface area contributed by atoms with Crippen molar-refractivity contribution in [3.05, 3.63) is 69.9 Å². The van der Waals surface area contributed by atoms with Gasteiger partial charge in [-0.25, -0.2) is 0 Å². The number of nitrogens with one attached hydrogen (secondary N) is 2. The number of aromatic amines is 1. The normalized spacial score (nSPS) is 22.1. The lowest BCUT2D eigenvalue weighted by molar-refractivity contribution is -0.164. The molecule has 0 saturated carbocycles. The van der Waals surface area contributed by atoms with Gasteiger partial charge in [0.2, 0.25) is 17.7 Å². The first kappa shape index (κ1) is 29.9. The summed E-state index contributed by atoms with van der Waals surface area (Å²) in [7, 11) is 0. The molecule has 1 saturated heterocycles. The first-order valence-corrected chi connectivity index (χ1v) is 14.6. The number of aromatic nitrogens is 1. The second-order valence-corrected chi connectivity index (χ2v) is 11.7. The molecule has 224 valence electrons. The minimum absolute atomic E-state index is 0.0843. The van der Waals surface area contributed by atoms with Crippen LogP contribution in [-0.2, 0) is 39.1 Å². The molecule has 3 heterocycles. The monoisotopic (exact) mass is 602 g/mol. The third-order valence-corrected chi connectivity index (χ3v) is 9.12. The molecular formula is C31H34ClF3N4O3. The summed E-state index contributed by atoms with van der Waals surface area (Å²) < 4.78 is 39.3. The molecule has 11 heteroatoms. The van der Waals surface area contributed by atoms with Gasteiger partial charge in [-0.3, -0.25) is 14.4 Å². The van der Waals surface area contributed by atoms with Crippen LogP contribution in [0.2, 0.25) is 5.02 Å². The fourth-order valence-electron chi connectivity index (χ4n) is 6.66. The van der Waals surface area contributed by atoms with E-state index in [1.165, 1.54) is 12.1 Å². The summed E-state index contributed by atoms with van der Waals surface area (Å²) in [6, 6.07) is 10.4. The molecule has 1 fully saturated rings. The maximum atomic E-state index is 14.0. The van der Waals surface area contributed by atoms with E-state index in [1.807, 2.05) is 32.9 Å². The van der Waals surface area contributed by atoms with E-state index in [0.29, 0.717) is 36.6 Å². The Kier molecular flexibility index (Phi) is 8.04. The van der Waals surface area contributed by atoms with E-state index >= 15 is 0 Å². The van der Waals surface area contributed by atoms with E-state index in [2.05, 4.69) is 10.3 Å². The van der Waals surface area contributed by atoms with Gasteiger partial charge in [0.1, 0.15) is 0 Å². The molecule has 0 radical (unpaired) electrons. The lowest BCUT2D eigenvalue weighted by atomic mass is 9.67. The predicted octanol–water partition coefficient (Wildman–Crippen LogP) is 5.65. The second kappa shape index (κ2) is 11.3. The summed E-state index contributed by atoms with van der Waals surface area (Å²) in [5.74, 6) is -2.11. The Balaban J connectivity index is 1.43. The molecule has 2 aromatic carbocycles.